The monoisotopic (exact) mass is 408 g/mol. The van der Waals surface area contributed by atoms with Crippen molar-refractivity contribution in [1.82, 2.24) is 15.0 Å². The van der Waals surface area contributed by atoms with Crippen LogP contribution in [0.2, 0.25) is 0 Å². The minimum absolute atomic E-state index is 0.0407. The second kappa shape index (κ2) is 7.36. The van der Waals surface area contributed by atoms with Crippen LogP contribution in [0.4, 0.5) is 5.69 Å². The van der Waals surface area contributed by atoms with Crippen LogP contribution in [-0.4, -0.2) is 35.5 Å². The fourth-order valence-electron chi connectivity index (χ4n) is 2.71. The van der Waals surface area contributed by atoms with Crippen molar-refractivity contribution in [2.24, 2.45) is 0 Å². The van der Waals surface area contributed by atoms with Gasteiger partial charge in [0, 0.05) is 13.2 Å². The summed E-state index contributed by atoms with van der Waals surface area (Å²) in [6.07, 6.45) is 3.03. The van der Waals surface area contributed by atoms with Crippen LogP contribution in [0.5, 0.6) is 17.6 Å². The van der Waals surface area contributed by atoms with Crippen LogP contribution in [0.1, 0.15) is 0 Å². The molecule has 0 aliphatic rings. The van der Waals surface area contributed by atoms with Gasteiger partial charge in [-0.05, 0) is 42.5 Å². The second-order valence-corrected chi connectivity index (χ2v) is 8.07. The zero-order valence-electron chi connectivity index (χ0n) is 15.3. The average Bonchev–Trinajstić information content (AvgIpc) is 2.74. The minimum atomic E-state index is -3.67. The maximum absolute atomic E-state index is 12.7. The van der Waals surface area contributed by atoms with E-state index < -0.39 is 10.0 Å². The van der Waals surface area contributed by atoms with E-state index in [1.807, 2.05) is 0 Å². The Bertz CT molecular complexity index is 1260. The highest BCUT2D eigenvalue weighted by atomic mass is 32.2. The van der Waals surface area contributed by atoms with Gasteiger partial charge in [-0.2, -0.15) is 9.97 Å². The van der Waals surface area contributed by atoms with Gasteiger partial charge in [-0.25, -0.2) is 8.42 Å². The van der Waals surface area contributed by atoms with Crippen molar-refractivity contribution in [3.63, 3.8) is 0 Å². The second-order valence-electron chi connectivity index (χ2n) is 6.10. The Hall–Kier alpha value is -3.72. The van der Waals surface area contributed by atoms with E-state index in [0.29, 0.717) is 22.3 Å². The standard InChI is InChI=1S/C20H16N4O4S/c1-24(29(26,27)16-5-3-2-4-6-16)14-7-9-15(10-8-14)28-20-22-18-13-21-12-11-17(18)19(25)23-20/h2-13H,1H3,(H,22,23,25). The van der Waals surface area contributed by atoms with Crippen molar-refractivity contribution in [2.75, 3.05) is 11.4 Å². The Morgan fingerprint density at radius 2 is 1.69 bits per heavy atom. The van der Waals surface area contributed by atoms with E-state index in [4.69, 9.17) is 4.74 Å². The number of anilines is 1. The number of ether oxygens (including phenoxy) is 1. The smallest absolute Gasteiger partial charge is 0.325 e. The molecule has 2 heterocycles. The molecular weight excluding hydrogens is 392 g/mol. The summed E-state index contributed by atoms with van der Waals surface area (Å²) >= 11 is 0. The molecule has 29 heavy (non-hydrogen) atoms. The fourth-order valence-corrected chi connectivity index (χ4v) is 3.92. The topological polar surface area (TPSA) is 106 Å². The fraction of sp³-hybridized carbons (Fsp3) is 0.0500. The molecule has 0 bridgehead atoms. The van der Waals surface area contributed by atoms with Gasteiger partial charge in [0.25, 0.3) is 10.0 Å². The Morgan fingerprint density at radius 3 is 2.41 bits per heavy atom. The van der Waals surface area contributed by atoms with Gasteiger partial charge in [-0.15, -0.1) is 0 Å². The highest BCUT2D eigenvalue weighted by Gasteiger charge is 2.21. The van der Waals surface area contributed by atoms with Crippen LogP contribution >= 0.6 is 0 Å². The van der Waals surface area contributed by atoms with Crippen molar-refractivity contribution in [2.45, 2.75) is 4.90 Å². The number of rotatable bonds is 5. The molecule has 0 atom stereocenters. The molecule has 1 N–H and O–H groups in total. The van der Waals surface area contributed by atoms with Gasteiger partial charge in [-0.1, -0.05) is 18.2 Å². The van der Waals surface area contributed by atoms with Gasteiger partial charge in [0.05, 0.1) is 27.7 Å². The maximum Gasteiger partial charge on any atom is 0.325 e. The first kappa shape index (κ1) is 18.6. The SMILES string of the molecule is CN(c1ccc(Oc2nc(O)c3ccncc3n2)cc1)S(=O)(=O)c1ccccc1. The first-order chi connectivity index (χ1) is 13.9. The van der Waals surface area contributed by atoms with E-state index in [0.717, 1.165) is 0 Å². The summed E-state index contributed by atoms with van der Waals surface area (Å²) in [6, 6.07) is 16.2. The lowest BCUT2D eigenvalue weighted by atomic mass is 10.3. The number of aromatic hydroxyl groups is 1. The van der Waals surface area contributed by atoms with Crippen molar-refractivity contribution in [1.29, 1.82) is 0 Å². The molecule has 0 fully saturated rings. The van der Waals surface area contributed by atoms with Crippen LogP contribution in [0, 0.1) is 0 Å². The van der Waals surface area contributed by atoms with Crippen molar-refractivity contribution in [3.05, 3.63) is 73.1 Å². The summed E-state index contributed by atoms with van der Waals surface area (Å²) in [5.41, 5.74) is 0.910. The molecule has 0 saturated heterocycles. The van der Waals surface area contributed by atoms with E-state index in [1.165, 1.54) is 23.7 Å². The lowest BCUT2D eigenvalue weighted by Gasteiger charge is -2.19. The van der Waals surface area contributed by atoms with Crippen LogP contribution < -0.4 is 9.04 Å². The van der Waals surface area contributed by atoms with Crippen LogP contribution in [0.25, 0.3) is 10.9 Å². The molecule has 0 unspecified atom stereocenters. The third-order valence-corrected chi connectivity index (χ3v) is 6.07. The molecule has 0 radical (unpaired) electrons. The number of pyridine rings is 1. The minimum Gasteiger partial charge on any atom is -0.493 e. The number of benzene rings is 2. The molecule has 0 aliphatic carbocycles. The normalized spacial score (nSPS) is 11.3. The number of nitrogens with zero attached hydrogens (tertiary/aromatic N) is 4. The summed E-state index contributed by atoms with van der Waals surface area (Å²) in [5, 5.41) is 10.5. The number of hydrogen-bond acceptors (Lipinski definition) is 7. The van der Waals surface area contributed by atoms with Crippen molar-refractivity contribution < 1.29 is 18.3 Å². The van der Waals surface area contributed by atoms with Crippen molar-refractivity contribution in [3.8, 4) is 17.6 Å². The van der Waals surface area contributed by atoms with Gasteiger partial charge in [0.2, 0.25) is 5.88 Å². The lowest BCUT2D eigenvalue weighted by Crippen LogP contribution is -2.26. The summed E-state index contributed by atoms with van der Waals surface area (Å²) in [5.74, 6) is 0.180. The third-order valence-electron chi connectivity index (χ3n) is 4.27. The van der Waals surface area contributed by atoms with E-state index >= 15 is 0 Å². The molecule has 0 aliphatic heterocycles. The largest absolute Gasteiger partial charge is 0.493 e. The van der Waals surface area contributed by atoms with Gasteiger partial charge < -0.3 is 9.84 Å². The molecule has 4 aromatic rings. The Morgan fingerprint density at radius 1 is 0.966 bits per heavy atom. The molecule has 146 valence electrons. The van der Waals surface area contributed by atoms with Gasteiger partial charge in [0.15, 0.2) is 0 Å². The van der Waals surface area contributed by atoms with Crippen LogP contribution in [0.15, 0.2) is 78.0 Å². The number of hydrogen-bond donors (Lipinski definition) is 1. The molecule has 8 nitrogen and oxygen atoms in total. The summed E-state index contributed by atoms with van der Waals surface area (Å²) < 4.78 is 32.2. The Balaban J connectivity index is 1.57. The van der Waals surface area contributed by atoms with E-state index in [9.17, 15) is 13.5 Å². The van der Waals surface area contributed by atoms with Gasteiger partial charge in [0.1, 0.15) is 5.75 Å². The Kier molecular flexibility index (Phi) is 4.73. The molecule has 0 saturated carbocycles. The number of aromatic nitrogens is 3. The molecule has 0 spiro atoms. The summed E-state index contributed by atoms with van der Waals surface area (Å²) in [4.78, 5) is 12.3. The first-order valence-electron chi connectivity index (χ1n) is 8.58. The predicted octanol–water partition coefficient (Wildman–Crippen LogP) is 3.35. The number of sulfonamides is 1. The van der Waals surface area contributed by atoms with Gasteiger partial charge >= 0.3 is 6.01 Å². The van der Waals surface area contributed by atoms with E-state index in [2.05, 4.69) is 15.0 Å². The van der Waals surface area contributed by atoms with E-state index in [1.54, 1.807) is 60.7 Å². The van der Waals surface area contributed by atoms with Gasteiger partial charge in [-0.3, -0.25) is 9.29 Å². The Labute approximate surface area is 167 Å². The zero-order chi connectivity index (χ0) is 20.4. The average molecular weight is 408 g/mol. The molecular formula is C20H16N4O4S. The summed E-state index contributed by atoms with van der Waals surface area (Å²) in [6.45, 7) is 0. The first-order valence-corrected chi connectivity index (χ1v) is 10.0. The maximum atomic E-state index is 12.7. The third kappa shape index (κ3) is 3.67. The quantitative estimate of drug-likeness (QED) is 0.540. The molecule has 4 rings (SSSR count). The predicted molar refractivity (Wildman–Crippen MR) is 108 cm³/mol. The zero-order valence-corrected chi connectivity index (χ0v) is 16.1. The molecule has 2 aromatic heterocycles. The van der Waals surface area contributed by atoms with E-state index in [-0.39, 0.29) is 16.8 Å². The molecule has 0 amide bonds. The van der Waals surface area contributed by atoms with Crippen LogP contribution in [0.3, 0.4) is 0 Å². The highest BCUT2D eigenvalue weighted by Crippen LogP contribution is 2.28. The van der Waals surface area contributed by atoms with Crippen molar-refractivity contribution >= 4 is 26.6 Å². The van der Waals surface area contributed by atoms with Crippen LogP contribution in [-0.2, 0) is 10.0 Å². The molecule has 9 heteroatoms. The highest BCUT2D eigenvalue weighted by molar-refractivity contribution is 7.92. The lowest BCUT2D eigenvalue weighted by molar-refractivity contribution is 0.412. The number of fused-ring (bicyclic) bond motifs is 1. The molecule has 2 aromatic carbocycles. The summed E-state index contributed by atoms with van der Waals surface area (Å²) in [7, 11) is -2.18.